The van der Waals surface area contributed by atoms with Crippen molar-refractivity contribution in [2.75, 3.05) is 13.1 Å². The molecule has 2 rings (SSSR count). The molecule has 0 aliphatic carbocycles. The molecule has 1 aromatic rings. The van der Waals surface area contributed by atoms with E-state index in [1.807, 2.05) is 52.0 Å². The topological polar surface area (TPSA) is 86.7 Å². The number of carbonyl (C=O) groups is 3. The van der Waals surface area contributed by atoms with Gasteiger partial charge in [-0.3, -0.25) is 14.4 Å². The van der Waals surface area contributed by atoms with Gasteiger partial charge in [-0.1, -0.05) is 45.0 Å². The average Bonchev–Trinajstić information content (AvgIpc) is 2.60. The monoisotopic (exact) mass is 374 g/mol. The molecule has 0 aromatic heterocycles. The van der Waals surface area contributed by atoms with Crippen molar-refractivity contribution < 1.29 is 19.5 Å². The summed E-state index contributed by atoms with van der Waals surface area (Å²) in [6.07, 6.45) is 1.30. The Hall–Kier alpha value is -2.37. The highest BCUT2D eigenvalue weighted by Gasteiger charge is 2.34. The van der Waals surface area contributed by atoms with E-state index in [1.165, 1.54) is 0 Å². The van der Waals surface area contributed by atoms with Crippen LogP contribution in [0.4, 0.5) is 0 Å². The van der Waals surface area contributed by atoms with Gasteiger partial charge in [0.1, 0.15) is 0 Å². The number of aliphatic carboxylic acids is 1. The average molecular weight is 374 g/mol. The molecule has 6 heteroatoms. The summed E-state index contributed by atoms with van der Waals surface area (Å²) in [6, 6.07) is 6.90. The Morgan fingerprint density at radius 3 is 2.52 bits per heavy atom. The maximum absolute atomic E-state index is 12.9. The largest absolute Gasteiger partial charge is 0.481 e. The zero-order valence-electron chi connectivity index (χ0n) is 16.6. The summed E-state index contributed by atoms with van der Waals surface area (Å²) in [5, 5.41) is 12.2. The van der Waals surface area contributed by atoms with E-state index in [1.54, 1.807) is 4.90 Å². The number of hydrogen-bond donors (Lipinski definition) is 2. The normalized spacial score (nSPS) is 18.7. The van der Waals surface area contributed by atoms with Crippen LogP contribution in [0.1, 0.15) is 57.2 Å². The number of carboxylic acid groups (broad SMARTS) is 1. The van der Waals surface area contributed by atoms with Gasteiger partial charge in [0.2, 0.25) is 11.8 Å². The van der Waals surface area contributed by atoms with Gasteiger partial charge >= 0.3 is 5.97 Å². The lowest BCUT2D eigenvalue weighted by molar-refractivity contribution is -0.142. The first-order chi connectivity index (χ1) is 12.6. The van der Waals surface area contributed by atoms with Gasteiger partial charge in [0.05, 0.1) is 18.4 Å². The molecular formula is C21H30N2O4. The zero-order chi connectivity index (χ0) is 20.2. The summed E-state index contributed by atoms with van der Waals surface area (Å²) < 4.78 is 0. The lowest BCUT2D eigenvalue weighted by Gasteiger charge is -2.36. The van der Waals surface area contributed by atoms with Gasteiger partial charge in [-0.2, -0.15) is 0 Å². The van der Waals surface area contributed by atoms with Crippen LogP contribution in [0.2, 0.25) is 0 Å². The van der Waals surface area contributed by atoms with Crippen LogP contribution in [-0.2, 0) is 14.4 Å². The Kier molecular flexibility index (Phi) is 6.63. The van der Waals surface area contributed by atoms with E-state index in [4.69, 9.17) is 0 Å². The number of piperidine rings is 1. The van der Waals surface area contributed by atoms with Gasteiger partial charge < -0.3 is 15.3 Å². The molecule has 0 spiro atoms. The standard InChI is InChI=1S/C21H30N2O4/c1-14-8-5-6-10-16(14)17(12-18(24)25)22-19(26)15-9-7-11-23(13-15)20(27)21(2,3)4/h5-6,8,10,15,17H,7,9,11-13H2,1-4H3,(H,22,26)(H,24,25). The molecular weight excluding hydrogens is 344 g/mol. The van der Waals surface area contributed by atoms with Crippen LogP contribution in [-0.4, -0.2) is 40.9 Å². The lowest BCUT2D eigenvalue weighted by Crippen LogP contribution is -2.49. The first-order valence-electron chi connectivity index (χ1n) is 9.46. The molecule has 1 heterocycles. The molecule has 148 valence electrons. The van der Waals surface area contributed by atoms with Crippen molar-refractivity contribution in [3.05, 3.63) is 35.4 Å². The Morgan fingerprint density at radius 1 is 1.26 bits per heavy atom. The number of nitrogens with zero attached hydrogens (tertiary/aromatic N) is 1. The van der Waals surface area contributed by atoms with Crippen molar-refractivity contribution in [1.82, 2.24) is 10.2 Å². The highest BCUT2D eigenvalue weighted by atomic mass is 16.4. The van der Waals surface area contributed by atoms with Crippen molar-refractivity contribution >= 4 is 17.8 Å². The second kappa shape index (κ2) is 8.55. The number of nitrogens with one attached hydrogen (secondary N) is 1. The highest BCUT2D eigenvalue weighted by Crippen LogP contribution is 2.26. The molecule has 2 unspecified atom stereocenters. The van der Waals surface area contributed by atoms with Crippen LogP contribution < -0.4 is 5.32 Å². The quantitative estimate of drug-likeness (QED) is 0.830. The molecule has 6 nitrogen and oxygen atoms in total. The minimum Gasteiger partial charge on any atom is -0.481 e. The van der Waals surface area contributed by atoms with Gasteiger partial charge in [0, 0.05) is 18.5 Å². The molecule has 1 aliphatic heterocycles. The molecule has 2 N–H and O–H groups in total. The molecule has 0 radical (unpaired) electrons. The van der Waals surface area contributed by atoms with Crippen LogP contribution in [0.3, 0.4) is 0 Å². The number of carboxylic acids is 1. The van der Waals surface area contributed by atoms with Crippen LogP contribution in [0.25, 0.3) is 0 Å². The fourth-order valence-electron chi connectivity index (χ4n) is 3.53. The fraction of sp³-hybridized carbons (Fsp3) is 0.571. The summed E-state index contributed by atoms with van der Waals surface area (Å²) in [6.45, 7) is 8.58. The number of hydrogen-bond acceptors (Lipinski definition) is 3. The van der Waals surface area contributed by atoms with Crippen LogP contribution >= 0.6 is 0 Å². The molecule has 1 aliphatic rings. The van der Waals surface area contributed by atoms with Crippen molar-refractivity contribution in [3.63, 3.8) is 0 Å². The number of benzene rings is 1. The Bertz CT molecular complexity index is 708. The van der Waals surface area contributed by atoms with Gasteiger partial charge in [0.15, 0.2) is 0 Å². The maximum atomic E-state index is 12.9. The smallest absolute Gasteiger partial charge is 0.305 e. The van der Waals surface area contributed by atoms with E-state index < -0.39 is 17.4 Å². The molecule has 1 saturated heterocycles. The maximum Gasteiger partial charge on any atom is 0.305 e. The minimum absolute atomic E-state index is 0.0426. The van der Waals surface area contributed by atoms with Crippen molar-refractivity contribution in [3.8, 4) is 0 Å². The van der Waals surface area contributed by atoms with Crippen LogP contribution in [0, 0.1) is 18.3 Å². The molecule has 2 amide bonds. The summed E-state index contributed by atoms with van der Waals surface area (Å²) >= 11 is 0. The van der Waals surface area contributed by atoms with E-state index in [0.29, 0.717) is 19.5 Å². The summed E-state index contributed by atoms with van der Waals surface area (Å²) in [5.74, 6) is -1.42. The second-order valence-corrected chi connectivity index (χ2v) is 8.36. The minimum atomic E-state index is -0.961. The van der Waals surface area contributed by atoms with Crippen LogP contribution in [0.5, 0.6) is 0 Å². The number of carbonyl (C=O) groups excluding carboxylic acids is 2. The van der Waals surface area contributed by atoms with E-state index in [9.17, 15) is 19.5 Å². The first kappa shape index (κ1) is 20.9. The van der Waals surface area contributed by atoms with E-state index in [-0.39, 0.29) is 24.2 Å². The lowest BCUT2D eigenvalue weighted by atomic mass is 9.90. The number of aryl methyl sites for hydroxylation is 1. The van der Waals surface area contributed by atoms with Gasteiger partial charge in [0.25, 0.3) is 0 Å². The van der Waals surface area contributed by atoms with Crippen molar-refractivity contribution in [2.24, 2.45) is 11.3 Å². The molecule has 0 bridgehead atoms. The van der Waals surface area contributed by atoms with Crippen molar-refractivity contribution in [2.45, 2.75) is 53.0 Å². The molecule has 1 aromatic carbocycles. The Labute approximate surface area is 160 Å². The predicted molar refractivity (Wildman–Crippen MR) is 103 cm³/mol. The molecule has 0 saturated carbocycles. The van der Waals surface area contributed by atoms with Crippen LogP contribution in [0.15, 0.2) is 24.3 Å². The Morgan fingerprint density at radius 2 is 1.93 bits per heavy atom. The molecule has 1 fully saturated rings. The summed E-state index contributed by atoms with van der Waals surface area (Å²) in [7, 11) is 0. The Balaban J connectivity index is 2.11. The van der Waals surface area contributed by atoms with E-state index in [2.05, 4.69) is 5.32 Å². The number of amides is 2. The summed E-state index contributed by atoms with van der Waals surface area (Å²) in [4.78, 5) is 38.4. The van der Waals surface area contributed by atoms with E-state index in [0.717, 1.165) is 17.5 Å². The fourth-order valence-corrected chi connectivity index (χ4v) is 3.53. The second-order valence-electron chi connectivity index (χ2n) is 8.36. The van der Waals surface area contributed by atoms with E-state index >= 15 is 0 Å². The molecule has 27 heavy (non-hydrogen) atoms. The first-order valence-corrected chi connectivity index (χ1v) is 9.46. The third kappa shape index (κ3) is 5.55. The highest BCUT2D eigenvalue weighted by molar-refractivity contribution is 5.84. The summed E-state index contributed by atoms with van der Waals surface area (Å²) in [5.41, 5.74) is 1.27. The van der Waals surface area contributed by atoms with Gasteiger partial charge in [-0.05, 0) is 30.9 Å². The van der Waals surface area contributed by atoms with Crippen molar-refractivity contribution in [1.29, 1.82) is 0 Å². The third-order valence-corrected chi connectivity index (χ3v) is 4.98. The van der Waals surface area contributed by atoms with Gasteiger partial charge in [-0.15, -0.1) is 0 Å². The SMILES string of the molecule is Cc1ccccc1C(CC(=O)O)NC(=O)C1CCCN(C(=O)C(C)(C)C)C1. The number of likely N-dealkylation sites (tertiary alicyclic amines) is 1. The predicted octanol–water partition coefficient (Wildman–Crippen LogP) is 2.91. The zero-order valence-corrected chi connectivity index (χ0v) is 16.6. The van der Waals surface area contributed by atoms with Gasteiger partial charge in [-0.25, -0.2) is 0 Å². The third-order valence-electron chi connectivity index (χ3n) is 4.98. The number of rotatable bonds is 5. The molecule has 2 atom stereocenters.